The van der Waals surface area contributed by atoms with Crippen molar-refractivity contribution in [1.29, 1.82) is 0 Å². The second-order valence-corrected chi connectivity index (χ2v) is 5.89. The van der Waals surface area contributed by atoms with Gasteiger partial charge in [-0.15, -0.1) is 0 Å². The Balaban J connectivity index is 2.49. The summed E-state index contributed by atoms with van der Waals surface area (Å²) in [6.45, 7) is 8.02. The second-order valence-electron chi connectivity index (χ2n) is 5.03. The number of halogens is 1. The van der Waals surface area contributed by atoms with Gasteiger partial charge >= 0.3 is 0 Å². The second kappa shape index (κ2) is 5.43. The molecule has 0 radical (unpaired) electrons. The normalized spacial score (nSPS) is 13.0. The van der Waals surface area contributed by atoms with Gasteiger partial charge in [-0.3, -0.25) is 9.67 Å². The summed E-state index contributed by atoms with van der Waals surface area (Å²) in [7, 11) is 0. The zero-order valence-electron chi connectivity index (χ0n) is 11.6. The fraction of sp³-hybridized carbons (Fsp3) is 0.429. The molecule has 0 aliphatic rings. The third-order valence-corrected chi connectivity index (χ3v) is 3.66. The highest BCUT2D eigenvalue weighted by Crippen LogP contribution is 2.30. The lowest BCUT2D eigenvalue weighted by Crippen LogP contribution is -2.14. The van der Waals surface area contributed by atoms with E-state index in [-0.39, 0.29) is 6.04 Å². The molecule has 2 aromatic heterocycles. The van der Waals surface area contributed by atoms with Crippen molar-refractivity contribution in [2.75, 3.05) is 0 Å². The number of rotatable bonds is 3. The molecule has 2 rings (SSSR count). The Morgan fingerprint density at radius 2 is 1.95 bits per heavy atom. The van der Waals surface area contributed by atoms with E-state index in [1.807, 2.05) is 38.4 Å². The van der Waals surface area contributed by atoms with Crippen LogP contribution in [0, 0.1) is 13.8 Å². The van der Waals surface area contributed by atoms with Crippen LogP contribution in [0.1, 0.15) is 48.5 Å². The highest BCUT2D eigenvalue weighted by molar-refractivity contribution is 9.10. The topological polar surface area (TPSA) is 50.9 Å². The van der Waals surface area contributed by atoms with Crippen molar-refractivity contribution < 1.29 is 5.11 Å². The maximum absolute atomic E-state index is 10.6. The molecule has 1 atom stereocenters. The van der Waals surface area contributed by atoms with Gasteiger partial charge in [-0.1, -0.05) is 6.07 Å². The Kier molecular flexibility index (Phi) is 4.06. The van der Waals surface area contributed by atoms with Crippen LogP contribution in [0.3, 0.4) is 0 Å². The van der Waals surface area contributed by atoms with Gasteiger partial charge in [0, 0.05) is 12.2 Å². The van der Waals surface area contributed by atoms with Crippen molar-refractivity contribution in [2.45, 2.75) is 39.8 Å². The number of hydrogen-bond acceptors (Lipinski definition) is 3. The van der Waals surface area contributed by atoms with Crippen LogP contribution >= 0.6 is 15.9 Å². The monoisotopic (exact) mass is 323 g/mol. The van der Waals surface area contributed by atoms with E-state index in [1.165, 1.54) is 0 Å². The van der Waals surface area contributed by atoms with Crippen LogP contribution in [0.4, 0.5) is 0 Å². The summed E-state index contributed by atoms with van der Waals surface area (Å²) in [5.41, 5.74) is 3.49. The van der Waals surface area contributed by atoms with Gasteiger partial charge in [0.1, 0.15) is 6.10 Å². The molecule has 0 aliphatic carbocycles. The molecule has 0 spiro atoms. The van der Waals surface area contributed by atoms with E-state index >= 15 is 0 Å². The molecular formula is C14H18BrN3O. The standard InChI is InChI=1S/C14H18BrN3O/c1-8(2)18-13(11(15)7-17-18)14(19)12-10(4)5-9(3)6-16-12/h5-8,14,19H,1-4H3. The first-order valence-corrected chi connectivity index (χ1v) is 7.05. The maximum Gasteiger partial charge on any atom is 0.139 e. The number of aliphatic hydroxyl groups is 1. The van der Waals surface area contributed by atoms with Gasteiger partial charge in [0.2, 0.25) is 0 Å². The zero-order chi connectivity index (χ0) is 14.2. The Morgan fingerprint density at radius 3 is 2.53 bits per heavy atom. The number of hydrogen-bond donors (Lipinski definition) is 1. The van der Waals surface area contributed by atoms with Crippen LogP contribution < -0.4 is 0 Å². The molecule has 1 N–H and O–H groups in total. The number of pyridine rings is 1. The minimum atomic E-state index is -0.778. The van der Waals surface area contributed by atoms with E-state index in [4.69, 9.17) is 0 Å². The van der Waals surface area contributed by atoms with Crippen molar-refractivity contribution in [2.24, 2.45) is 0 Å². The van der Waals surface area contributed by atoms with Crippen molar-refractivity contribution >= 4 is 15.9 Å². The summed E-state index contributed by atoms with van der Waals surface area (Å²) in [6, 6.07) is 2.21. The van der Waals surface area contributed by atoms with Gasteiger partial charge in [0.15, 0.2) is 0 Å². The van der Waals surface area contributed by atoms with E-state index < -0.39 is 6.10 Å². The summed E-state index contributed by atoms with van der Waals surface area (Å²) in [5, 5.41) is 14.9. The lowest BCUT2D eigenvalue weighted by molar-refractivity contribution is 0.198. The lowest BCUT2D eigenvalue weighted by Gasteiger charge is -2.18. The van der Waals surface area contributed by atoms with Crippen LogP contribution in [0.5, 0.6) is 0 Å². The van der Waals surface area contributed by atoms with E-state index in [0.29, 0.717) is 5.69 Å². The first-order chi connectivity index (χ1) is 8.91. The highest BCUT2D eigenvalue weighted by Gasteiger charge is 2.23. The van der Waals surface area contributed by atoms with Crippen LogP contribution in [-0.4, -0.2) is 19.9 Å². The first-order valence-electron chi connectivity index (χ1n) is 6.26. The number of aromatic nitrogens is 3. The zero-order valence-corrected chi connectivity index (χ0v) is 13.1. The minimum absolute atomic E-state index is 0.182. The molecule has 102 valence electrons. The molecule has 0 saturated heterocycles. The smallest absolute Gasteiger partial charge is 0.139 e. The van der Waals surface area contributed by atoms with Crippen LogP contribution in [-0.2, 0) is 0 Å². The van der Waals surface area contributed by atoms with Gasteiger partial charge in [0.05, 0.1) is 22.1 Å². The molecule has 5 heteroatoms. The van der Waals surface area contributed by atoms with Crippen molar-refractivity contribution in [3.8, 4) is 0 Å². The molecule has 4 nitrogen and oxygen atoms in total. The van der Waals surface area contributed by atoms with Crippen LogP contribution in [0.25, 0.3) is 0 Å². The number of nitrogens with zero attached hydrogens (tertiary/aromatic N) is 3. The van der Waals surface area contributed by atoms with E-state index in [2.05, 4.69) is 26.0 Å². The Bertz CT molecular complexity index is 592. The number of aliphatic hydroxyl groups excluding tert-OH is 1. The predicted octanol–water partition coefficient (Wildman–Crippen LogP) is 3.32. The van der Waals surface area contributed by atoms with Crippen LogP contribution in [0.2, 0.25) is 0 Å². The third-order valence-electron chi connectivity index (χ3n) is 3.05. The molecule has 1 unspecified atom stereocenters. The molecule has 2 heterocycles. The minimum Gasteiger partial charge on any atom is -0.380 e. The van der Waals surface area contributed by atoms with Crippen molar-refractivity contribution in [3.05, 3.63) is 45.4 Å². The summed E-state index contributed by atoms with van der Waals surface area (Å²) < 4.78 is 2.62. The SMILES string of the molecule is Cc1cnc(C(O)c2c(Br)cnn2C(C)C)c(C)c1. The molecule has 0 bridgehead atoms. The molecular weight excluding hydrogens is 306 g/mol. The first kappa shape index (κ1) is 14.2. The van der Waals surface area contributed by atoms with E-state index in [9.17, 15) is 5.11 Å². The van der Waals surface area contributed by atoms with Gasteiger partial charge in [0.25, 0.3) is 0 Å². The molecule has 0 aromatic carbocycles. The Hall–Kier alpha value is -1.20. The average molecular weight is 324 g/mol. The summed E-state index contributed by atoms with van der Waals surface area (Å²) >= 11 is 3.45. The van der Waals surface area contributed by atoms with Crippen LogP contribution in [0.15, 0.2) is 22.9 Å². The highest BCUT2D eigenvalue weighted by atomic mass is 79.9. The number of aryl methyl sites for hydroxylation is 2. The molecule has 0 amide bonds. The fourth-order valence-electron chi connectivity index (χ4n) is 2.16. The largest absolute Gasteiger partial charge is 0.380 e. The Labute approximate surface area is 121 Å². The predicted molar refractivity (Wildman–Crippen MR) is 78.1 cm³/mol. The molecule has 2 aromatic rings. The molecule has 19 heavy (non-hydrogen) atoms. The van der Waals surface area contributed by atoms with Gasteiger partial charge in [-0.05, 0) is 54.8 Å². The summed E-state index contributed by atoms with van der Waals surface area (Å²) in [6.07, 6.45) is 2.71. The maximum atomic E-state index is 10.6. The van der Waals surface area contributed by atoms with Gasteiger partial charge in [-0.2, -0.15) is 5.10 Å². The van der Waals surface area contributed by atoms with E-state index in [0.717, 1.165) is 21.3 Å². The van der Waals surface area contributed by atoms with E-state index in [1.54, 1.807) is 12.4 Å². The quantitative estimate of drug-likeness (QED) is 0.942. The third kappa shape index (κ3) is 2.72. The average Bonchev–Trinajstić information content (AvgIpc) is 2.70. The van der Waals surface area contributed by atoms with Gasteiger partial charge < -0.3 is 5.11 Å². The van der Waals surface area contributed by atoms with Gasteiger partial charge in [-0.25, -0.2) is 0 Å². The summed E-state index contributed by atoms with van der Waals surface area (Å²) in [4.78, 5) is 4.36. The Morgan fingerprint density at radius 1 is 1.26 bits per heavy atom. The van der Waals surface area contributed by atoms with Crippen molar-refractivity contribution in [3.63, 3.8) is 0 Å². The summed E-state index contributed by atoms with van der Waals surface area (Å²) in [5.74, 6) is 0. The molecule has 0 aliphatic heterocycles. The van der Waals surface area contributed by atoms with Crippen molar-refractivity contribution in [1.82, 2.24) is 14.8 Å². The molecule has 0 fully saturated rings. The lowest BCUT2D eigenvalue weighted by atomic mass is 10.1. The fourth-order valence-corrected chi connectivity index (χ4v) is 2.65. The molecule has 0 saturated carbocycles.